The minimum absolute atomic E-state index is 0.0880. The van der Waals surface area contributed by atoms with Gasteiger partial charge in [0.2, 0.25) is 11.8 Å². The second-order valence-electron chi connectivity index (χ2n) is 5.97. The summed E-state index contributed by atoms with van der Waals surface area (Å²) < 4.78 is 13.2. The Labute approximate surface area is 137 Å². The molecule has 2 rings (SSSR count). The van der Waals surface area contributed by atoms with E-state index in [1.165, 1.54) is 12.1 Å². The Morgan fingerprint density at radius 2 is 2.09 bits per heavy atom. The van der Waals surface area contributed by atoms with E-state index in [9.17, 15) is 14.0 Å². The zero-order valence-corrected chi connectivity index (χ0v) is 13.9. The summed E-state index contributed by atoms with van der Waals surface area (Å²) in [4.78, 5) is 28.1. The molecule has 0 saturated carbocycles. The lowest BCUT2D eigenvalue weighted by atomic mass is 9.95. The van der Waals surface area contributed by atoms with E-state index in [2.05, 4.69) is 0 Å². The van der Waals surface area contributed by atoms with Gasteiger partial charge in [0.1, 0.15) is 5.82 Å². The van der Waals surface area contributed by atoms with Crippen molar-refractivity contribution in [3.63, 3.8) is 0 Å². The molecule has 4 nitrogen and oxygen atoms in total. The van der Waals surface area contributed by atoms with Crippen molar-refractivity contribution in [2.75, 3.05) is 26.2 Å². The molecular weight excluding hydrogens is 295 g/mol. The van der Waals surface area contributed by atoms with Crippen LogP contribution >= 0.6 is 0 Å². The Bertz CT molecular complexity index is 558. The van der Waals surface area contributed by atoms with Crippen LogP contribution in [0, 0.1) is 11.7 Å². The molecule has 0 bridgehead atoms. The molecule has 1 aliphatic rings. The molecule has 2 amide bonds. The average molecular weight is 320 g/mol. The van der Waals surface area contributed by atoms with Gasteiger partial charge in [0.05, 0.1) is 5.92 Å². The van der Waals surface area contributed by atoms with Crippen molar-refractivity contribution in [1.29, 1.82) is 0 Å². The van der Waals surface area contributed by atoms with E-state index in [-0.39, 0.29) is 23.5 Å². The SMILES string of the molecule is CCN(CC)C(=O)[C@H]1CCC(=O)N(CCc2cccc(F)c2)C1. The van der Waals surface area contributed by atoms with Gasteiger partial charge >= 0.3 is 0 Å². The maximum Gasteiger partial charge on any atom is 0.227 e. The number of benzene rings is 1. The highest BCUT2D eigenvalue weighted by atomic mass is 19.1. The van der Waals surface area contributed by atoms with Crippen LogP contribution in [0.3, 0.4) is 0 Å². The number of hydrogen-bond donors (Lipinski definition) is 0. The lowest BCUT2D eigenvalue weighted by Gasteiger charge is -2.34. The summed E-state index contributed by atoms with van der Waals surface area (Å²) in [6, 6.07) is 6.44. The molecule has 0 aliphatic carbocycles. The summed E-state index contributed by atoms with van der Waals surface area (Å²) in [5.74, 6) is -0.148. The van der Waals surface area contributed by atoms with E-state index in [1.54, 1.807) is 11.0 Å². The lowest BCUT2D eigenvalue weighted by molar-refractivity contribution is -0.142. The van der Waals surface area contributed by atoms with Crippen LogP contribution in [-0.4, -0.2) is 47.8 Å². The van der Waals surface area contributed by atoms with Crippen LogP contribution in [0.1, 0.15) is 32.3 Å². The normalized spacial score (nSPS) is 18.1. The number of amides is 2. The molecule has 23 heavy (non-hydrogen) atoms. The van der Waals surface area contributed by atoms with Gasteiger partial charge in [-0.2, -0.15) is 0 Å². The molecule has 0 radical (unpaired) electrons. The van der Waals surface area contributed by atoms with E-state index < -0.39 is 0 Å². The van der Waals surface area contributed by atoms with Gasteiger partial charge in [0, 0.05) is 32.6 Å². The molecule has 1 aromatic rings. The summed E-state index contributed by atoms with van der Waals surface area (Å²) in [7, 11) is 0. The third-order valence-corrected chi connectivity index (χ3v) is 4.48. The van der Waals surface area contributed by atoms with Crippen molar-refractivity contribution in [2.45, 2.75) is 33.1 Å². The van der Waals surface area contributed by atoms with Gasteiger partial charge < -0.3 is 9.80 Å². The fraction of sp³-hybridized carbons (Fsp3) is 0.556. The molecular formula is C18H25FN2O2. The minimum Gasteiger partial charge on any atom is -0.343 e. The van der Waals surface area contributed by atoms with Crippen LogP contribution in [0.4, 0.5) is 4.39 Å². The van der Waals surface area contributed by atoms with Gasteiger partial charge in [0.25, 0.3) is 0 Å². The first kappa shape index (κ1) is 17.4. The number of rotatable bonds is 6. The molecule has 1 atom stereocenters. The van der Waals surface area contributed by atoms with Gasteiger partial charge in [-0.25, -0.2) is 4.39 Å². The van der Waals surface area contributed by atoms with E-state index in [0.717, 1.165) is 5.56 Å². The first-order chi connectivity index (χ1) is 11.0. The van der Waals surface area contributed by atoms with Gasteiger partial charge in [-0.3, -0.25) is 9.59 Å². The third-order valence-electron chi connectivity index (χ3n) is 4.48. The highest BCUT2D eigenvalue weighted by molar-refractivity contribution is 5.83. The molecule has 0 spiro atoms. The first-order valence-corrected chi connectivity index (χ1v) is 8.36. The zero-order chi connectivity index (χ0) is 16.8. The average Bonchev–Trinajstić information content (AvgIpc) is 2.55. The fourth-order valence-corrected chi connectivity index (χ4v) is 3.08. The summed E-state index contributed by atoms with van der Waals surface area (Å²) >= 11 is 0. The summed E-state index contributed by atoms with van der Waals surface area (Å²) in [6.45, 7) is 6.34. The smallest absolute Gasteiger partial charge is 0.227 e. The fourth-order valence-electron chi connectivity index (χ4n) is 3.08. The molecule has 1 saturated heterocycles. The van der Waals surface area contributed by atoms with Crippen molar-refractivity contribution in [3.8, 4) is 0 Å². The van der Waals surface area contributed by atoms with Crippen LogP contribution < -0.4 is 0 Å². The summed E-state index contributed by atoms with van der Waals surface area (Å²) in [5.41, 5.74) is 0.870. The van der Waals surface area contributed by atoms with Gasteiger partial charge in [-0.05, 0) is 44.4 Å². The minimum atomic E-state index is -0.262. The van der Waals surface area contributed by atoms with Crippen molar-refractivity contribution < 1.29 is 14.0 Å². The summed E-state index contributed by atoms with van der Waals surface area (Å²) in [6.07, 6.45) is 1.65. The third kappa shape index (κ3) is 4.53. The van der Waals surface area contributed by atoms with Crippen molar-refractivity contribution in [3.05, 3.63) is 35.6 Å². The molecule has 1 fully saturated rings. The second-order valence-corrected chi connectivity index (χ2v) is 5.97. The van der Waals surface area contributed by atoms with Crippen LogP contribution in [0.2, 0.25) is 0 Å². The van der Waals surface area contributed by atoms with Crippen LogP contribution in [0.5, 0.6) is 0 Å². The second kappa shape index (κ2) is 8.09. The molecule has 126 valence electrons. The van der Waals surface area contributed by atoms with Crippen LogP contribution in [0.25, 0.3) is 0 Å². The van der Waals surface area contributed by atoms with E-state index in [1.807, 2.05) is 24.8 Å². The number of halogens is 1. The number of carbonyl (C=O) groups excluding carboxylic acids is 2. The zero-order valence-electron chi connectivity index (χ0n) is 13.9. The van der Waals surface area contributed by atoms with E-state index in [0.29, 0.717) is 45.4 Å². The van der Waals surface area contributed by atoms with Gasteiger partial charge in [-0.15, -0.1) is 0 Å². The Kier molecular flexibility index (Phi) is 6.13. The first-order valence-electron chi connectivity index (χ1n) is 8.36. The quantitative estimate of drug-likeness (QED) is 0.808. The van der Waals surface area contributed by atoms with Crippen molar-refractivity contribution in [2.24, 2.45) is 5.92 Å². The van der Waals surface area contributed by atoms with Crippen LogP contribution in [0.15, 0.2) is 24.3 Å². The van der Waals surface area contributed by atoms with Crippen molar-refractivity contribution >= 4 is 11.8 Å². The molecule has 0 aromatic heterocycles. The van der Waals surface area contributed by atoms with Gasteiger partial charge in [-0.1, -0.05) is 12.1 Å². The van der Waals surface area contributed by atoms with Crippen molar-refractivity contribution in [1.82, 2.24) is 9.80 Å². The lowest BCUT2D eigenvalue weighted by Crippen LogP contribution is -2.47. The molecule has 1 aromatic carbocycles. The maximum absolute atomic E-state index is 13.2. The Balaban J connectivity index is 1.95. The predicted octanol–water partition coefficient (Wildman–Crippen LogP) is 2.48. The number of likely N-dealkylation sites (tertiary alicyclic amines) is 1. The topological polar surface area (TPSA) is 40.6 Å². The van der Waals surface area contributed by atoms with Gasteiger partial charge in [0.15, 0.2) is 0 Å². The monoisotopic (exact) mass is 320 g/mol. The van der Waals surface area contributed by atoms with E-state index >= 15 is 0 Å². The Morgan fingerprint density at radius 1 is 1.35 bits per heavy atom. The number of carbonyl (C=O) groups is 2. The number of nitrogens with zero attached hydrogens (tertiary/aromatic N) is 2. The standard InChI is InChI=1S/C18H25FN2O2/c1-3-20(4-2)18(23)15-8-9-17(22)21(13-15)11-10-14-6-5-7-16(19)12-14/h5-7,12,15H,3-4,8-11,13H2,1-2H3/t15-/m0/s1. The number of hydrogen-bond acceptors (Lipinski definition) is 2. The summed E-state index contributed by atoms with van der Waals surface area (Å²) in [5, 5.41) is 0. The predicted molar refractivity (Wildman–Crippen MR) is 87.3 cm³/mol. The Morgan fingerprint density at radius 3 is 2.74 bits per heavy atom. The molecule has 0 unspecified atom stereocenters. The maximum atomic E-state index is 13.2. The molecule has 1 aliphatic heterocycles. The van der Waals surface area contributed by atoms with E-state index in [4.69, 9.17) is 0 Å². The molecule has 1 heterocycles. The highest BCUT2D eigenvalue weighted by Crippen LogP contribution is 2.20. The molecule has 0 N–H and O–H groups in total. The number of piperidine rings is 1. The highest BCUT2D eigenvalue weighted by Gasteiger charge is 2.31. The molecule has 5 heteroatoms. The Hall–Kier alpha value is -1.91. The van der Waals surface area contributed by atoms with Crippen LogP contribution in [-0.2, 0) is 16.0 Å². The largest absolute Gasteiger partial charge is 0.343 e.